The molecule has 0 spiro atoms. The van der Waals surface area contributed by atoms with Gasteiger partial charge in [0.2, 0.25) is 5.84 Å². The van der Waals surface area contributed by atoms with Gasteiger partial charge in [-0.1, -0.05) is 29.4 Å². The summed E-state index contributed by atoms with van der Waals surface area (Å²) in [5, 5.41) is 35.8. The normalized spacial score (nSPS) is 12.4. The zero-order valence-corrected chi connectivity index (χ0v) is 18.6. The first-order valence-corrected chi connectivity index (χ1v) is 10.5. The average molecular weight is 506 g/mol. The van der Waals surface area contributed by atoms with Gasteiger partial charge in [-0.2, -0.15) is 0 Å². The van der Waals surface area contributed by atoms with Gasteiger partial charge in [0.25, 0.3) is 5.91 Å². The molecule has 0 aliphatic rings. The molecule has 0 saturated heterocycles. The molecule has 4 N–H and O–H groups in total. The highest BCUT2D eigenvalue weighted by Gasteiger charge is 2.20. The molecule has 0 fully saturated rings. The predicted octanol–water partition coefficient (Wildman–Crippen LogP) is 3.92. The number of para-hydroxylation sites is 1. The van der Waals surface area contributed by atoms with Gasteiger partial charge < -0.3 is 20.9 Å². The van der Waals surface area contributed by atoms with Crippen LogP contribution in [0.3, 0.4) is 0 Å². The van der Waals surface area contributed by atoms with Gasteiger partial charge >= 0.3 is 0 Å². The van der Waals surface area contributed by atoms with Crippen molar-refractivity contribution in [1.29, 1.82) is 0 Å². The summed E-state index contributed by atoms with van der Waals surface area (Å²) in [5.41, 5.74) is 1.37. The topological polar surface area (TPSA) is 133 Å². The third-order valence-electron chi connectivity index (χ3n) is 4.68. The maximum atomic E-state index is 13.4. The summed E-state index contributed by atoms with van der Waals surface area (Å²) >= 11 is 3.10. The lowest BCUT2D eigenvalue weighted by atomic mass is 10.0. The molecule has 3 rings (SSSR count). The highest BCUT2D eigenvalue weighted by atomic mass is 79.9. The van der Waals surface area contributed by atoms with Crippen molar-refractivity contribution in [2.45, 2.75) is 19.8 Å². The highest BCUT2D eigenvalue weighted by molar-refractivity contribution is 9.10. The number of carbonyl (C=O) groups excluding carboxylic acids is 1. The molecule has 1 unspecified atom stereocenters. The largest absolute Gasteiger partial charge is 0.507 e. The van der Waals surface area contributed by atoms with E-state index in [-0.39, 0.29) is 39.1 Å². The first-order valence-electron chi connectivity index (χ1n) is 9.71. The van der Waals surface area contributed by atoms with Crippen molar-refractivity contribution >= 4 is 33.4 Å². The highest BCUT2D eigenvalue weighted by Crippen LogP contribution is 2.21. The van der Waals surface area contributed by atoms with Crippen molar-refractivity contribution in [2.24, 2.45) is 11.1 Å². The number of benzene rings is 2. The van der Waals surface area contributed by atoms with Gasteiger partial charge in [0, 0.05) is 12.2 Å². The lowest BCUT2D eigenvalue weighted by molar-refractivity contribution is 0.0949. The zero-order valence-electron chi connectivity index (χ0n) is 17.0. The number of nitrogens with one attached hydrogen (secondary N) is 2. The Morgan fingerprint density at radius 1 is 1.28 bits per heavy atom. The van der Waals surface area contributed by atoms with Crippen molar-refractivity contribution in [3.63, 3.8) is 0 Å². The smallest absolute Gasteiger partial charge is 0.255 e. The summed E-state index contributed by atoms with van der Waals surface area (Å²) in [6.07, 6.45) is 1.06. The number of halogens is 2. The quantitative estimate of drug-likeness (QED) is 0.158. The number of aromatic nitrogens is 2. The van der Waals surface area contributed by atoms with E-state index in [1.165, 1.54) is 24.3 Å². The standard InChI is InChI=1S/C21H21BrFN5O4/c1-12(8-9-24-21(30)14-4-2-3-5-18(14)29)10-17-19(28-32-27-17)20(26-31)25-13-6-7-16(23)15(22)11-13/h2-7,11-12,29,31H,8-10H2,1H3,(H,24,30)(H,25,26). The summed E-state index contributed by atoms with van der Waals surface area (Å²) in [5.74, 6) is -0.786. The second-order valence-electron chi connectivity index (χ2n) is 7.13. The lowest BCUT2D eigenvalue weighted by Crippen LogP contribution is -2.26. The van der Waals surface area contributed by atoms with Crippen molar-refractivity contribution in [1.82, 2.24) is 15.6 Å². The number of hydrogen-bond donors (Lipinski definition) is 4. The predicted molar refractivity (Wildman–Crippen MR) is 118 cm³/mol. The van der Waals surface area contributed by atoms with Crippen LogP contribution in [-0.4, -0.2) is 38.9 Å². The number of carbonyl (C=O) groups is 1. The summed E-state index contributed by atoms with van der Waals surface area (Å²) in [6, 6.07) is 10.5. The summed E-state index contributed by atoms with van der Waals surface area (Å²) in [4.78, 5) is 12.2. The molecule has 1 heterocycles. The molecule has 1 atom stereocenters. The number of amidine groups is 1. The number of rotatable bonds is 8. The molecule has 32 heavy (non-hydrogen) atoms. The third-order valence-corrected chi connectivity index (χ3v) is 5.28. The number of amides is 1. The van der Waals surface area contributed by atoms with E-state index in [2.05, 4.69) is 42.0 Å². The van der Waals surface area contributed by atoms with Gasteiger partial charge in [0.05, 0.1) is 10.0 Å². The van der Waals surface area contributed by atoms with E-state index in [9.17, 15) is 19.5 Å². The van der Waals surface area contributed by atoms with Crippen molar-refractivity contribution in [2.75, 3.05) is 11.9 Å². The maximum Gasteiger partial charge on any atom is 0.255 e. The van der Waals surface area contributed by atoms with Crippen LogP contribution in [0.5, 0.6) is 5.75 Å². The number of phenolic OH excluding ortho intramolecular Hbond substituents is 1. The fourth-order valence-corrected chi connectivity index (χ4v) is 3.37. The Balaban J connectivity index is 1.57. The number of anilines is 1. The molecule has 0 bridgehead atoms. The summed E-state index contributed by atoms with van der Waals surface area (Å²) in [7, 11) is 0. The Labute approximate surface area is 191 Å². The van der Waals surface area contributed by atoms with E-state index >= 15 is 0 Å². The molecule has 0 aliphatic heterocycles. The third kappa shape index (κ3) is 5.82. The fraction of sp³-hybridized carbons (Fsp3) is 0.238. The molecule has 1 amide bonds. The van der Waals surface area contributed by atoms with Crippen LogP contribution in [0.1, 0.15) is 35.1 Å². The average Bonchev–Trinajstić information content (AvgIpc) is 3.22. The molecule has 168 valence electrons. The lowest BCUT2D eigenvalue weighted by Gasteiger charge is -2.12. The van der Waals surface area contributed by atoms with Gasteiger partial charge in [-0.15, -0.1) is 0 Å². The van der Waals surface area contributed by atoms with E-state index in [0.717, 1.165) is 0 Å². The molecule has 2 aromatic carbocycles. The Morgan fingerprint density at radius 3 is 2.78 bits per heavy atom. The molecule has 0 aliphatic carbocycles. The minimum atomic E-state index is -0.426. The number of oxime groups is 1. The van der Waals surface area contributed by atoms with E-state index in [1.54, 1.807) is 18.2 Å². The second kappa shape index (κ2) is 10.7. The zero-order chi connectivity index (χ0) is 23.1. The van der Waals surface area contributed by atoms with Crippen LogP contribution in [-0.2, 0) is 6.42 Å². The van der Waals surface area contributed by atoms with Crippen LogP contribution in [0.4, 0.5) is 10.1 Å². The Kier molecular flexibility index (Phi) is 7.77. The van der Waals surface area contributed by atoms with Crippen LogP contribution < -0.4 is 10.6 Å². The first-order chi connectivity index (χ1) is 15.4. The molecular formula is C21H21BrFN5O4. The second-order valence-corrected chi connectivity index (χ2v) is 7.99. The van der Waals surface area contributed by atoms with Crippen LogP contribution in [0.2, 0.25) is 0 Å². The molecule has 9 nitrogen and oxygen atoms in total. The number of aromatic hydroxyl groups is 1. The Hall–Kier alpha value is -3.47. The maximum absolute atomic E-state index is 13.4. The van der Waals surface area contributed by atoms with E-state index < -0.39 is 5.82 Å². The number of hydrogen-bond acceptors (Lipinski definition) is 7. The Morgan fingerprint density at radius 2 is 2.06 bits per heavy atom. The summed E-state index contributed by atoms with van der Waals surface area (Å²) < 4.78 is 18.5. The summed E-state index contributed by atoms with van der Waals surface area (Å²) in [6.45, 7) is 2.35. The van der Waals surface area contributed by atoms with Crippen LogP contribution in [0.25, 0.3) is 0 Å². The minimum Gasteiger partial charge on any atom is -0.507 e. The molecule has 11 heteroatoms. The van der Waals surface area contributed by atoms with Crippen molar-refractivity contribution in [3.05, 3.63) is 69.7 Å². The molecule has 1 aromatic heterocycles. The van der Waals surface area contributed by atoms with Gasteiger partial charge in [-0.25, -0.2) is 9.02 Å². The SMILES string of the molecule is CC(CCNC(=O)c1ccccc1O)Cc1nonc1C(=NO)Nc1ccc(F)c(Br)c1. The van der Waals surface area contributed by atoms with E-state index in [4.69, 9.17) is 4.63 Å². The van der Waals surface area contributed by atoms with Gasteiger partial charge in [-0.05, 0) is 70.2 Å². The van der Waals surface area contributed by atoms with Gasteiger partial charge in [0.15, 0.2) is 5.69 Å². The van der Waals surface area contributed by atoms with Gasteiger partial charge in [0.1, 0.15) is 17.3 Å². The van der Waals surface area contributed by atoms with Crippen LogP contribution in [0.15, 0.2) is 56.7 Å². The number of nitrogens with zero attached hydrogens (tertiary/aromatic N) is 3. The van der Waals surface area contributed by atoms with Crippen LogP contribution in [0, 0.1) is 11.7 Å². The van der Waals surface area contributed by atoms with Crippen molar-refractivity contribution in [3.8, 4) is 5.75 Å². The molecule has 0 radical (unpaired) electrons. The van der Waals surface area contributed by atoms with Crippen LogP contribution >= 0.6 is 15.9 Å². The molecule has 0 saturated carbocycles. The van der Waals surface area contributed by atoms with Gasteiger partial charge in [-0.3, -0.25) is 4.79 Å². The fourth-order valence-electron chi connectivity index (χ4n) is 2.99. The van der Waals surface area contributed by atoms with E-state index in [0.29, 0.717) is 30.8 Å². The first kappa shape index (κ1) is 23.2. The van der Waals surface area contributed by atoms with Crippen molar-refractivity contribution < 1.29 is 24.1 Å². The number of phenols is 1. The molecule has 3 aromatic rings. The minimum absolute atomic E-state index is 0.000172. The van der Waals surface area contributed by atoms with E-state index in [1.807, 2.05) is 6.92 Å². The Bertz CT molecular complexity index is 1120. The monoisotopic (exact) mass is 505 g/mol. The molecular weight excluding hydrogens is 485 g/mol.